The van der Waals surface area contributed by atoms with Crippen LogP contribution in [0.2, 0.25) is 0 Å². The third-order valence-corrected chi connectivity index (χ3v) is 4.62. The normalized spacial score (nSPS) is 16.9. The van der Waals surface area contributed by atoms with Gasteiger partial charge in [0.1, 0.15) is 5.82 Å². The van der Waals surface area contributed by atoms with Gasteiger partial charge in [-0.3, -0.25) is 9.69 Å². The molecule has 146 valence electrons. The Labute approximate surface area is 160 Å². The van der Waals surface area contributed by atoms with E-state index in [2.05, 4.69) is 20.4 Å². The zero-order valence-electron chi connectivity index (χ0n) is 15.5. The number of nitrogens with one attached hydrogen (secondary N) is 1. The number of nitrogens with zero attached hydrogens (tertiary/aromatic N) is 3. The van der Waals surface area contributed by atoms with Crippen LogP contribution in [-0.2, 0) is 4.79 Å². The van der Waals surface area contributed by atoms with Crippen LogP contribution in [0.4, 0.5) is 5.82 Å². The van der Waals surface area contributed by atoms with Crippen LogP contribution in [0.15, 0.2) is 42.5 Å². The van der Waals surface area contributed by atoms with Crippen LogP contribution in [0.5, 0.6) is 0 Å². The number of hydrogen-bond donors (Lipinski definition) is 3. The van der Waals surface area contributed by atoms with E-state index >= 15 is 0 Å². The number of piperidine rings is 1. The fourth-order valence-corrected chi connectivity index (χ4v) is 3.25. The van der Waals surface area contributed by atoms with E-state index in [0.29, 0.717) is 6.04 Å². The third-order valence-electron chi connectivity index (χ3n) is 4.62. The summed E-state index contributed by atoms with van der Waals surface area (Å²) in [6.07, 6.45) is 4.65. The van der Waals surface area contributed by atoms with Gasteiger partial charge in [-0.15, -0.1) is 10.2 Å². The number of benzene rings is 1. The number of hydrogen-bond acceptors (Lipinski definition) is 6. The Morgan fingerprint density at radius 1 is 1.15 bits per heavy atom. The highest BCUT2D eigenvalue weighted by atomic mass is 16.3. The van der Waals surface area contributed by atoms with Gasteiger partial charge in [0.25, 0.3) is 6.47 Å². The minimum absolute atomic E-state index is 0.250. The first kappa shape index (κ1) is 20.8. The lowest BCUT2D eigenvalue weighted by molar-refractivity contribution is -0.122. The number of likely N-dealkylation sites (tertiary alicyclic amines) is 1. The number of anilines is 1. The molecule has 0 spiro atoms. The van der Waals surface area contributed by atoms with Gasteiger partial charge in [-0.2, -0.15) is 0 Å². The fourth-order valence-electron chi connectivity index (χ4n) is 3.25. The van der Waals surface area contributed by atoms with Crippen molar-refractivity contribution in [2.45, 2.75) is 31.7 Å². The summed E-state index contributed by atoms with van der Waals surface area (Å²) in [5.41, 5.74) is 1.97. The Morgan fingerprint density at radius 2 is 1.93 bits per heavy atom. The Kier molecular flexibility index (Phi) is 9.23. The van der Waals surface area contributed by atoms with Crippen LogP contribution in [0, 0.1) is 0 Å². The molecule has 1 aliphatic rings. The lowest BCUT2D eigenvalue weighted by atomic mass is 10.0. The van der Waals surface area contributed by atoms with E-state index in [-0.39, 0.29) is 13.1 Å². The molecule has 1 aromatic heterocycles. The zero-order chi connectivity index (χ0) is 19.3. The first-order valence-electron chi connectivity index (χ1n) is 9.34. The van der Waals surface area contributed by atoms with Crippen molar-refractivity contribution in [3.8, 4) is 11.3 Å². The number of carbonyl (C=O) groups is 1. The van der Waals surface area contributed by atoms with Gasteiger partial charge in [0.2, 0.25) is 0 Å². The number of carboxylic acid groups (broad SMARTS) is 1. The molecule has 3 N–H and O–H groups in total. The summed E-state index contributed by atoms with van der Waals surface area (Å²) < 4.78 is 0. The molecule has 1 atom stereocenters. The predicted octanol–water partition coefficient (Wildman–Crippen LogP) is 2.49. The quantitative estimate of drug-likeness (QED) is 0.507. The third kappa shape index (κ3) is 6.96. The van der Waals surface area contributed by atoms with Gasteiger partial charge in [-0.1, -0.05) is 36.8 Å². The summed E-state index contributed by atoms with van der Waals surface area (Å²) in [7, 11) is 0. The number of aliphatic hydroxyl groups excluding tert-OH is 1. The SMILES string of the molecule is O=CO.OCC1CCCCN1CCCNc1ccc(-c2ccccc2)nn1. The molecule has 1 fully saturated rings. The van der Waals surface area contributed by atoms with Crippen LogP contribution in [0.3, 0.4) is 0 Å². The molecule has 2 aromatic rings. The van der Waals surface area contributed by atoms with Crippen molar-refractivity contribution in [1.29, 1.82) is 0 Å². The van der Waals surface area contributed by atoms with E-state index in [1.54, 1.807) is 0 Å². The number of aromatic nitrogens is 2. The molecule has 2 heterocycles. The molecule has 1 aliphatic heterocycles. The van der Waals surface area contributed by atoms with Crippen molar-refractivity contribution < 1.29 is 15.0 Å². The molecule has 0 bridgehead atoms. The molecule has 3 rings (SSSR count). The molecule has 0 saturated carbocycles. The van der Waals surface area contributed by atoms with Gasteiger partial charge < -0.3 is 15.5 Å². The van der Waals surface area contributed by atoms with Crippen molar-refractivity contribution >= 4 is 12.3 Å². The van der Waals surface area contributed by atoms with Crippen molar-refractivity contribution in [2.75, 3.05) is 31.6 Å². The fraction of sp³-hybridized carbons (Fsp3) is 0.450. The Morgan fingerprint density at radius 3 is 2.59 bits per heavy atom. The van der Waals surface area contributed by atoms with Crippen LogP contribution in [-0.4, -0.2) is 64.1 Å². The number of aliphatic hydroxyl groups is 1. The largest absolute Gasteiger partial charge is 0.483 e. The summed E-state index contributed by atoms with van der Waals surface area (Å²) in [5, 5.41) is 28.2. The van der Waals surface area contributed by atoms with Gasteiger partial charge in [0, 0.05) is 24.7 Å². The van der Waals surface area contributed by atoms with Gasteiger partial charge in [0.15, 0.2) is 0 Å². The molecule has 0 amide bonds. The smallest absolute Gasteiger partial charge is 0.290 e. The summed E-state index contributed by atoms with van der Waals surface area (Å²) in [4.78, 5) is 10.8. The highest BCUT2D eigenvalue weighted by Gasteiger charge is 2.20. The minimum Gasteiger partial charge on any atom is -0.483 e. The topological polar surface area (TPSA) is 98.6 Å². The van der Waals surface area contributed by atoms with E-state index in [1.807, 2.05) is 42.5 Å². The van der Waals surface area contributed by atoms with Crippen molar-refractivity contribution in [3.05, 3.63) is 42.5 Å². The Balaban J connectivity index is 0.000000817. The maximum Gasteiger partial charge on any atom is 0.290 e. The summed E-state index contributed by atoms with van der Waals surface area (Å²) >= 11 is 0. The lowest BCUT2D eigenvalue weighted by Gasteiger charge is -2.34. The lowest BCUT2D eigenvalue weighted by Crippen LogP contribution is -2.42. The van der Waals surface area contributed by atoms with Gasteiger partial charge in [-0.05, 0) is 37.9 Å². The van der Waals surface area contributed by atoms with E-state index in [0.717, 1.165) is 49.6 Å². The van der Waals surface area contributed by atoms with Crippen molar-refractivity contribution in [3.63, 3.8) is 0 Å². The average molecular weight is 372 g/mol. The van der Waals surface area contributed by atoms with Crippen LogP contribution in [0.1, 0.15) is 25.7 Å². The van der Waals surface area contributed by atoms with Gasteiger partial charge in [0.05, 0.1) is 12.3 Å². The van der Waals surface area contributed by atoms with Crippen LogP contribution in [0.25, 0.3) is 11.3 Å². The van der Waals surface area contributed by atoms with E-state index in [4.69, 9.17) is 9.90 Å². The average Bonchev–Trinajstić information content (AvgIpc) is 2.73. The van der Waals surface area contributed by atoms with Crippen molar-refractivity contribution in [1.82, 2.24) is 15.1 Å². The maximum atomic E-state index is 9.44. The zero-order valence-corrected chi connectivity index (χ0v) is 15.5. The number of rotatable bonds is 7. The highest BCUT2D eigenvalue weighted by Crippen LogP contribution is 2.17. The second kappa shape index (κ2) is 12.0. The van der Waals surface area contributed by atoms with E-state index in [1.165, 1.54) is 12.8 Å². The molecule has 1 saturated heterocycles. The molecular formula is C20H28N4O3. The molecule has 0 aliphatic carbocycles. The summed E-state index contributed by atoms with van der Waals surface area (Å²) in [5.74, 6) is 0.812. The molecule has 1 unspecified atom stereocenters. The molecule has 7 heteroatoms. The first-order chi connectivity index (χ1) is 13.3. The molecule has 7 nitrogen and oxygen atoms in total. The Hall–Kier alpha value is -2.51. The second-order valence-corrected chi connectivity index (χ2v) is 6.42. The van der Waals surface area contributed by atoms with Gasteiger partial charge >= 0.3 is 0 Å². The van der Waals surface area contributed by atoms with E-state index < -0.39 is 0 Å². The first-order valence-corrected chi connectivity index (χ1v) is 9.34. The van der Waals surface area contributed by atoms with Gasteiger partial charge in [-0.25, -0.2) is 0 Å². The monoisotopic (exact) mass is 372 g/mol. The molecule has 1 aromatic carbocycles. The van der Waals surface area contributed by atoms with Crippen LogP contribution < -0.4 is 5.32 Å². The highest BCUT2D eigenvalue weighted by molar-refractivity contribution is 5.59. The summed E-state index contributed by atoms with van der Waals surface area (Å²) in [6.45, 7) is 3.03. The minimum atomic E-state index is -0.250. The second-order valence-electron chi connectivity index (χ2n) is 6.42. The molecule has 27 heavy (non-hydrogen) atoms. The maximum absolute atomic E-state index is 9.44. The summed E-state index contributed by atoms with van der Waals surface area (Å²) in [6, 6.07) is 14.4. The van der Waals surface area contributed by atoms with E-state index in [9.17, 15) is 5.11 Å². The Bertz CT molecular complexity index is 652. The predicted molar refractivity (Wildman–Crippen MR) is 106 cm³/mol. The van der Waals surface area contributed by atoms with Crippen molar-refractivity contribution in [2.24, 2.45) is 0 Å². The molecular weight excluding hydrogens is 344 g/mol. The molecule has 0 radical (unpaired) electrons. The van der Waals surface area contributed by atoms with Crippen LogP contribution >= 0.6 is 0 Å². The standard InChI is InChI=1S/C19H26N4O.CH2O2/c24-15-17-9-4-5-13-23(17)14-6-12-20-19-11-10-18(21-22-19)16-7-2-1-3-8-16;2-1-3/h1-3,7-8,10-11,17,24H,4-6,9,12-15H2,(H,20,22);1H,(H,2,3).